The van der Waals surface area contributed by atoms with Gasteiger partial charge in [-0.25, -0.2) is 0 Å². The molecule has 0 bridgehead atoms. The quantitative estimate of drug-likeness (QED) is 0.105. The van der Waals surface area contributed by atoms with Gasteiger partial charge in [0.25, 0.3) is 0 Å². The van der Waals surface area contributed by atoms with Gasteiger partial charge < -0.3 is 0 Å². The third-order valence-corrected chi connectivity index (χ3v) is 7.29. The fraction of sp³-hybridized carbons (Fsp3) is 0. The summed E-state index contributed by atoms with van der Waals surface area (Å²) in [5.41, 5.74) is 0. The van der Waals surface area contributed by atoms with E-state index < -0.39 is 0 Å². The smallest absolute Gasteiger partial charge is 0 e. The number of hydrogen-bond donors (Lipinski definition) is 0. The normalized spacial score (nSPS) is 7.58. The first-order chi connectivity index (χ1) is 36.0. The zero-order valence-electron chi connectivity index (χ0n) is 41.9. The topological polar surface area (TPSA) is 0 Å². The first kappa shape index (κ1) is 75.8. The van der Waals surface area contributed by atoms with Gasteiger partial charge in [-0.05, 0) is 0 Å². The molecular weight excluding hydrogens is 1290 g/mol. The van der Waals surface area contributed by atoms with Crippen LogP contribution in [0, 0.1) is 72.8 Å². The molecule has 0 heterocycles. The van der Waals surface area contributed by atoms with Crippen LogP contribution >= 0.6 is 0 Å². The second-order valence-corrected chi connectivity index (χ2v) is 12.9. The van der Waals surface area contributed by atoms with E-state index in [1.165, 1.54) is 0 Å². The Morgan fingerprint density at radius 1 is 0.0789 bits per heavy atom. The molecule has 0 fully saturated rings. The van der Waals surface area contributed by atoms with Crippen LogP contribution in [0.5, 0.6) is 0 Å². The summed E-state index contributed by atoms with van der Waals surface area (Å²) in [5, 5.41) is 0. The molecule has 0 aliphatic rings. The molecule has 12 aromatic carbocycles. The third kappa shape index (κ3) is 69.4. The summed E-state index contributed by atoms with van der Waals surface area (Å²) in [6.07, 6.45) is 0. The van der Waals surface area contributed by atoms with Crippen molar-refractivity contribution in [2.24, 2.45) is 0 Å². The minimum atomic E-state index is 0. The van der Waals surface area contributed by atoms with Crippen molar-refractivity contribution in [2.75, 3.05) is 0 Å². The Morgan fingerprint density at radius 2 is 0.132 bits per heavy atom. The molecule has 0 unspecified atom stereocenters. The second kappa shape index (κ2) is 72.5. The standard InChI is InChI=1S/12C6H5.4Pd/c12*1-2-4-6-5-3-1;;;;/h12*1-5H;;;;/q12*-1;;;;. The minimum Gasteiger partial charge on any atom is -0.184 e. The fourth-order valence-corrected chi connectivity index (χ4v) is 4.10. The van der Waals surface area contributed by atoms with Crippen LogP contribution in [0.2, 0.25) is 0 Å². The molecule has 76 heavy (non-hydrogen) atoms. The van der Waals surface area contributed by atoms with Gasteiger partial charge in [-0.2, -0.15) is 437 Å². The van der Waals surface area contributed by atoms with Crippen LogP contribution in [0.25, 0.3) is 0 Å². The van der Waals surface area contributed by atoms with Gasteiger partial charge in [-0.15, -0.1) is 0 Å². The molecule has 0 radical (unpaired) electrons. The molecule has 12 aromatic rings. The van der Waals surface area contributed by atoms with E-state index in [9.17, 15) is 0 Å². The molecule has 0 aliphatic carbocycles. The van der Waals surface area contributed by atoms with E-state index >= 15 is 0 Å². The van der Waals surface area contributed by atoms with Crippen molar-refractivity contribution in [3.8, 4) is 0 Å². The third-order valence-electron chi connectivity index (χ3n) is 7.29. The van der Waals surface area contributed by atoms with Crippen molar-refractivity contribution >= 4 is 0 Å². The maximum Gasteiger partial charge on any atom is 0 e. The van der Waals surface area contributed by atoms with E-state index in [-0.39, 0.29) is 81.7 Å². The Labute approximate surface area is 513 Å². The molecule has 0 N–H and O–H groups in total. The van der Waals surface area contributed by atoms with Crippen molar-refractivity contribution < 1.29 is 81.7 Å². The van der Waals surface area contributed by atoms with Gasteiger partial charge in [0.2, 0.25) is 0 Å². The predicted molar refractivity (Wildman–Crippen MR) is 303 cm³/mol. The fourth-order valence-electron chi connectivity index (χ4n) is 4.10. The average Bonchev–Trinajstić information content (AvgIpc) is 3.54. The Balaban J connectivity index is -0.000000370. The van der Waals surface area contributed by atoms with Crippen molar-refractivity contribution in [1.29, 1.82) is 0 Å². The molecule has 0 atom stereocenters. The number of benzene rings is 12. The van der Waals surface area contributed by atoms with Crippen LogP contribution in [-0.2, 0) is 81.7 Å². The van der Waals surface area contributed by atoms with E-state index in [0.717, 1.165) is 0 Å². The Bertz CT molecular complexity index is 1560. The maximum atomic E-state index is 2.89. The van der Waals surface area contributed by atoms with Crippen LogP contribution in [0.15, 0.2) is 364 Å². The van der Waals surface area contributed by atoms with Gasteiger partial charge in [-0.1, -0.05) is 0 Å². The van der Waals surface area contributed by atoms with Gasteiger partial charge in [-0.3, -0.25) is 0 Å². The van der Waals surface area contributed by atoms with Crippen LogP contribution in [0.3, 0.4) is 0 Å². The monoisotopic (exact) mass is 1350 g/mol. The second-order valence-electron chi connectivity index (χ2n) is 12.9. The molecule has 0 amide bonds. The van der Waals surface area contributed by atoms with E-state index in [1.54, 1.807) is 0 Å². The Hall–Kier alpha value is -6.71. The van der Waals surface area contributed by atoms with E-state index in [4.69, 9.17) is 0 Å². The van der Waals surface area contributed by atoms with Crippen LogP contribution in [-0.4, -0.2) is 0 Å². The summed E-state index contributed by atoms with van der Waals surface area (Å²) in [6.45, 7) is 0. The van der Waals surface area contributed by atoms with Crippen molar-refractivity contribution in [1.82, 2.24) is 0 Å². The molecule has 0 aromatic heterocycles. The Kier molecular flexibility index (Phi) is 72.3. The average molecular weight is 1350 g/mol. The first-order valence-corrected chi connectivity index (χ1v) is 22.9. The maximum absolute atomic E-state index is 2.89. The van der Waals surface area contributed by atoms with Gasteiger partial charge in [0, 0.05) is 81.7 Å². The predicted octanol–water partition coefficient (Wildman–Crippen LogP) is 17.8. The minimum absolute atomic E-state index is 0. The first-order valence-electron chi connectivity index (χ1n) is 22.9. The van der Waals surface area contributed by atoms with E-state index in [1.807, 2.05) is 364 Å². The summed E-state index contributed by atoms with van der Waals surface area (Å²) in [7, 11) is 0. The summed E-state index contributed by atoms with van der Waals surface area (Å²) >= 11 is 0. The van der Waals surface area contributed by atoms with Gasteiger partial charge in [0.15, 0.2) is 0 Å². The molecule has 0 saturated heterocycles. The number of rotatable bonds is 0. The molecule has 4 heteroatoms. The summed E-state index contributed by atoms with van der Waals surface area (Å²) in [5.74, 6) is 0. The van der Waals surface area contributed by atoms with Crippen molar-refractivity contribution in [3.05, 3.63) is 437 Å². The molecule has 12 rings (SSSR count). The van der Waals surface area contributed by atoms with Crippen LogP contribution in [0.4, 0.5) is 0 Å². The van der Waals surface area contributed by atoms with Crippen LogP contribution in [0.1, 0.15) is 0 Å². The zero-order valence-corrected chi connectivity index (χ0v) is 48.1. The van der Waals surface area contributed by atoms with Gasteiger partial charge >= 0.3 is 0 Å². The van der Waals surface area contributed by atoms with E-state index in [0.29, 0.717) is 0 Å². The number of hydrogen-bond acceptors (Lipinski definition) is 0. The molecule has 0 saturated carbocycles. The molecule has 0 nitrogen and oxygen atoms in total. The zero-order chi connectivity index (χ0) is 50.9. The molecule has 0 spiro atoms. The van der Waals surface area contributed by atoms with E-state index in [2.05, 4.69) is 72.8 Å². The molecule has 0 aliphatic heterocycles. The largest absolute Gasteiger partial charge is 0.184 e. The molecular formula is C72H60Pd4-12. The Morgan fingerprint density at radius 3 is 0.145 bits per heavy atom. The SMILES string of the molecule is [Pd].[Pd].[Pd].[Pd].[c-]1ccccc1.[c-]1ccccc1.[c-]1ccccc1.[c-]1ccccc1.[c-]1ccccc1.[c-]1ccccc1.[c-]1ccccc1.[c-]1ccccc1.[c-]1ccccc1.[c-]1ccccc1.[c-]1ccccc1.[c-]1ccccc1. The van der Waals surface area contributed by atoms with Crippen LogP contribution < -0.4 is 0 Å². The van der Waals surface area contributed by atoms with Crippen molar-refractivity contribution in [2.45, 2.75) is 0 Å². The van der Waals surface area contributed by atoms with Crippen molar-refractivity contribution in [3.63, 3.8) is 0 Å². The molecule has 400 valence electrons. The summed E-state index contributed by atoms with van der Waals surface area (Å²) in [6, 6.07) is 150. The summed E-state index contributed by atoms with van der Waals surface area (Å²) in [4.78, 5) is 0. The summed E-state index contributed by atoms with van der Waals surface area (Å²) < 4.78 is 0. The van der Waals surface area contributed by atoms with Gasteiger partial charge in [0.05, 0.1) is 0 Å². The van der Waals surface area contributed by atoms with Gasteiger partial charge in [0.1, 0.15) is 0 Å².